The predicted octanol–water partition coefficient (Wildman–Crippen LogP) is 1.41. The Balaban J connectivity index is 0.00000256. The Morgan fingerprint density at radius 2 is 2.00 bits per heavy atom. The van der Waals surface area contributed by atoms with Crippen molar-refractivity contribution >= 4 is 35.8 Å². The van der Waals surface area contributed by atoms with Crippen LogP contribution in [-0.4, -0.2) is 99.0 Å². The Bertz CT molecular complexity index is 683. The largest absolute Gasteiger partial charge is 0.379 e. The number of halogens is 1. The maximum absolute atomic E-state index is 5.62. The highest BCUT2D eigenvalue weighted by atomic mass is 127. The number of aromatic nitrogens is 1. The second-order valence-corrected chi connectivity index (χ2v) is 8.09. The standard InChI is InChI=1S/C21H34N6O2.HI/c1-17-15-26(9-12-29-17)20-4-3-18(13-23-20)14-24-21(22-2)27-6-5-19(16-27)25-7-10-28-11-8-25;/h3-4,13,17,19H,5-12,14-16H2,1-2H3,(H,22,24);1H. The molecule has 3 aliphatic rings. The van der Waals surface area contributed by atoms with Crippen LogP contribution in [0.2, 0.25) is 0 Å². The van der Waals surface area contributed by atoms with Gasteiger partial charge in [-0.1, -0.05) is 6.07 Å². The van der Waals surface area contributed by atoms with Gasteiger partial charge in [0.25, 0.3) is 0 Å². The number of ether oxygens (including phenoxy) is 2. The lowest BCUT2D eigenvalue weighted by molar-refractivity contribution is 0.0195. The molecule has 8 nitrogen and oxygen atoms in total. The molecule has 2 atom stereocenters. The van der Waals surface area contributed by atoms with Gasteiger partial charge in [-0.2, -0.15) is 0 Å². The highest BCUT2D eigenvalue weighted by Gasteiger charge is 2.30. The van der Waals surface area contributed by atoms with Crippen LogP contribution in [-0.2, 0) is 16.0 Å². The van der Waals surface area contributed by atoms with Crippen molar-refractivity contribution in [1.29, 1.82) is 0 Å². The highest BCUT2D eigenvalue weighted by Crippen LogP contribution is 2.18. The van der Waals surface area contributed by atoms with E-state index in [1.54, 1.807) is 0 Å². The van der Waals surface area contributed by atoms with Crippen LogP contribution >= 0.6 is 24.0 Å². The average molecular weight is 530 g/mol. The number of morpholine rings is 2. The molecule has 1 aromatic rings. The molecular weight excluding hydrogens is 495 g/mol. The van der Waals surface area contributed by atoms with E-state index in [0.29, 0.717) is 6.04 Å². The minimum Gasteiger partial charge on any atom is -0.379 e. The lowest BCUT2D eigenvalue weighted by Gasteiger charge is -2.32. The number of anilines is 1. The molecule has 0 radical (unpaired) electrons. The second-order valence-electron chi connectivity index (χ2n) is 8.09. The van der Waals surface area contributed by atoms with Gasteiger partial charge in [-0.05, 0) is 25.0 Å². The number of hydrogen-bond donors (Lipinski definition) is 1. The first-order valence-electron chi connectivity index (χ1n) is 10.8. The number of hydrogen-bond acceptors (Lipinski definition) is 6. The Morgan fingerprint density at radius 3 is 2.70 bits per heavy atom. The van der Waals surface area contributed by atoms with Gasteiger partial charge in [0, 0.05) is 65.1 Å². The predicted molar refractivity (Wildman–Crippen MR) is 130 cm³/mol. The molecule has 3 aliphatic heterocycles. The van der Waals surface area contributed by atoms with E-state index in [0.717, 1.165) is 77.4 Å². The van der Waals surface area contributed by atoms with Gasteiger partial charge in [-0.15, -0.1) is 24.0 Å². The number of likely N-dealkylation sites (tertiary alicyclic amines) is 1. The van der Waals surface area contributed by atoms with E-state index in [1.807, 2.05) is 13.2 Å². The fraction of sp³-hybridized carbons (Fsp3) is 0.714. The van der Waals surface area contributed by atoms with Crippen LogP contribution < -0.4 is 10.2 Å². The molecule has 0 saturated carbocycles. The van der Waals surface area contributed by atoms with Gasteiger partial charge >= 0.3 is 0 Å². The molecule has 1 aromatic heterocycles. The summed E-state index contributed by atoms with van der Waals surface area (Å²) >= 11 is 0. The number of rotatable bonds is 4. The molecule has 168 valence electrons. The van der Waals surface area contributed by atoms with Crippen LogP contribution in [0, 0.1) is 0 Å². The minimum absolute atomic E-state index is 0. The van der Waals surface area contributed by atoms with Crippen molar-refractivity contribution in [3.8, 4) is 0 Å². The molecule has 2 unspecified atom stereocenters. The molecule has 30 heavy (non-hydrogen) atoms. The lowest BCUT2D eigenvalue weighted by Crippen LogP contribution is -2.46. The minimum atomic E-state index is 0. The first kappa shape index (κ1) is 23.5. The highest BCUT2D eigenvalue weighted by molar-refractivity contribution is 14.0. The van der Waals surface area contributed by atoms with E-state index >= 15 is 0 Å². The van der Waals surface area contributed by atoms with Crippen LogP contribution in [0.25, 0.3) is 0 Å². The van der Waals surface area contributed by atoms with Crippen LogP contribution in [0.3, 0.4) is 0 Å². The van der Waals surface area contributed by atoms with Crippen LogP contribution in [0.15, 0.2) is 23.3 Å². The number of aliphatic imine (C=N–C) groups is 1. The Labute approximate surface area is 197 Å². The third-order valence-corrected chi connectivity index (χ3v) is 6.06. The summed E-state index contributed by atoms with van der Waals surface area (Å²) in [5.74, 6) is 2.01. The molecule has 0 bridgehead atoms. The van der Waals surface area contributed by atoms with Crippen LogP contribution in [0.5, 0.6) is 0 Å². The second kappa shape index (κ2) is 11.4. The molecule has 4 rings (SSSR count). The number of nitrogens with zero attached hydrogens (tertiary/aromatic N) is 5. The van der Waals surface area contributed by atoms with Gasteiger partial charge in [0.15, 0.2) is 5.96 Å². The SMILES string of the molecule is CN=C(NCc1ccc(N2CCOC(C)C2)nc1)N1CCC(N2CCOCC2)C1.I. The normalized spacial score (nSPS) is 25.9. The Kier molecular flexibility index (Phi) is 8.97. The zero-order valence-electron chi connectivity index (χ0n) is 18.1. The zero-order chi connectivity index (χ0) is 20.1. The number of nitrogens with one attached hydrogen (secondary N) is 1. The monoisotopic (exact) mass is 530 g/mol. The molecule has 0 spiro atoms. The van der Waals surface area contributed by atoms with Gasteiger partial charge in [-0.25, -0.2) is 4.98 Å². The van der Waals surface area contributed by atoms with E-state index in [2.05, 4.69) is 49.0 Å². The topological polar surface area (TPSA) is 65.5 Å². The summed E-state index contributed by atoms with van der Waals surface area (Å²) in [6.07, 6.45) is 3.42. The average Bonchev–Trinajstić information content (AvgIpc) is 3.25. The zero-order valence-corrected chi connectivity index (χ0v) is 20.5. The number of pyridine rings is 1. The summed E-state index contributed by atoms with van der Waals surface area (Å²) in [6.45, 7) is 11.3. The Morgan fingerprint density at radius 1 is 1.17 bits per heavy atom. The van der Waals surface area contributed by atoms with Crippen molar-refractivity contribution in [3.63, 3.8) is 0 Å². The van der Waals surface area contributed by atoms with E-state index in [1.165, 1.54) is 12.0 Å². The third kappa shape index (κ3) is 5.95. The molecule has 3 fully saturated rings. The van der Waals surface area contributed by atoms with Crippen molar-refractivity contribution in [2.45, 2.75) is 32.0 Å². The van der Waals surface area contributed by atoms with Gasteiger partial charge in [0.1, 0.15) is 5.82 Å². The molecular formula is C21H35IN6O2. The van der Waals surface area contributed by atoms with Gasteiger partial charge in [0.2, 0.25) is 0 Å². The lowest BCUT2D eigenvalue weighted by atomic mass is 10.2. The van der Waals surface area contributed by atoms with Crippen LogP contribution in [0.4, 0.5) is 5.82 Å². The van der Waals surface area contributed by atoms with Crippen LogP contribution in [0.1, 0.15) is 18.9 Å². The first-order chi connectivity index (χ1) is 14.2. The molecule has 3 saturated heterocycles. The summed E-state index contributed by atoms with van der Waals surface area (Å²) in [4.78, 5) is 16.4. The summed E-state index contributed by atoms with van der Waals surface area (Å²) in [5.41, 5.74) is 1.17. The number of guanidine groups is 1. The fourth-order valence-electron chi connectivity index (χ4n) is 4.42. The van der Waals surface area contributed by atoms with Crippen molar-refractivity contribution in [2.24, 2.45) is 4.99 Å². The third-order valence-electron chi connectivity index (χ3n) is 6.06. The van der Waals surface area contributed by atoms with Gasteiger partial charge in [-0.3, -0.25) is 9.89 Å². The Hall–Kier alpha value is -1.17. The van der Waals surface area contributed by atoms with Gasteiger partial charge in [0.05, 0.1) is 25.9 Å². The molecule has 9 heteroatoms. The van der Waals surface area contributed by atoms with Crippen molar-refractivity contribution in [1.82, 2.24) is 20.1 Å². The van der Waals surface area contributed by atoms with Crippen molar-refractivity contribution in [2.75, 3.05) is 71.0 Å². The van der Waals surface area contributed by atoms with Crippen molar-refractivity contribution in [3.05, 3.63) is 23.9 Å². The quantitative estimate of drug-likeness (QED) is 0.359. The van der Waals surface area contributed by atoms with E-state index in [9.17, 15) is 0 Å². The summed E-state index contributed by atoms with van der Waals surface area (Å²) in [7, 11) is 1.87. The maximum atomic E-state index is 5.62. The van der Waals surface area contributed by atoms with E-state index < -0.39 is 0 Å². The first-order valence-corrected chi connectivity index (χ1v) is 10.8. The summed E-state index contributed by atoms with van der Waals surface area (Å²) in [6, 6.07) is 4.88. The molecule has 0 aliphatic carbocycles. The van der Waals surface area contributed by atoms with Crippen molar-refractivity contribution < 1.29 is 9.47 Å². The summed E-state index contributed by atoms with van der Waals surface area (Å²) in [5, 5.41) is 3.52. The van der Waals surface area contributed by atoms with E-state index in [4.69, 9.17) is 9.47 Å². The molecule has 0 aromatic carbocycles. The molecule has 1 N–H and O–H groups in total. The van der Waals surface area contributed by atoms with Gasteiger partial charge < -0.3 is 24.6 Å². The molecule has 0 amide bonds. The molecule has 4 heterocycles. The van der Waals surface area contributed by atoms with E-state index in [-0.39, 0.29) is 30.1 Å². The fourth-order valence-corrected chi connectivity index (χ4v) is 4.42. The summed E-state index contributed by atoms with van der Waals surface area (Å²) < 4.78 is 11.1. The smallest absolute Gasteiger partial charge is 0.193 e. The maximum Gasteiger partial charge on any atom is 0.193 e.